The molecule has 1 aromatic carbocycles. The lowest BCUT2D eigenvalue weighted by molar-refractivity contribution is -0.145. The number of rotatable bonds is 5. The molecule has 3 rings (SSSR count). The van der Waals surface area contributed by atoms with E-state index in [-0.39, 0.29) is 12.0 Å². The molecule has 1 aliphatic rings. The van der Waals surface area contributed by atoms with Crippen LogP contribution in [0.3, 0.4) is 0 Å². The van der Waals surface area contributed by atoms with Gasteiger partial charge in [-0.05, 0) is 43.2 Å². The maximum absolute atomic E-state index is 10.8. The van der Waals surface area contributed by atoms with Gasteiger partial charge in [-0.3, -0.25) is 4.79 Å². The van der Waals surface area contributed by atoms with E-state index in [2.05, 4.69) is 5.32 Å². The SMILES string of the molecule is O=C(O)C1CC(NCc2ccc(-c3cc(Cl)ccc3Cl)o2)C1. The van der Waals surface area contributed by atoms with Crippen molar-refractivity contribution in [3.63, 3.8) is 0 Å². The Labute approximate surface area is 138 Å². The summed E-state index contributed by atoms with van der Waals surface area (Å²) >= 11 is 12.1. The van der Waals surface area contributed by atoms with Gasteiger partial charge >= 0.3 is 5.97 Å². The second-order valence-corrected chi connectivity index (χ2v) is 6.32. The fourth-order valence-electron chi connectivity index (χ4n) is 2.54. The Kier molecular flexibility index (Phi) is 4.43. The molecule has 0 bridgehead atoms. The first-order chi connectivity index (χ1) is 10.5. The Hall–Kier alpha value is -1.49. The zero-order valence-electron chi connectivity index (χ0n) is 11.7. The van der Waals surface area contributed by atoms with Crippen molar-refractivity contribution in [2.45, 2.75) is 25.4 Å². The number of carboxylic acid groups (broad SMARTS) is 1. The van der Waals surface area contributed by atoms with E-state index in [9.17, 15) is 4.79 Å². The molecule has 0 amide bonds. The second-order valence-electron chi connectivity index (χ2n) is 5.47. The summed E-state index contributed by atoms with van der Waals surface area (Å²) in [6, 6.07) is 9.21. The fourth-order valence-corrected chi connectivity index (χ4v) is 2.92. The molecule has 0 spiro atoms. The summed E-state index contributed by atoms with van der Waals surface area (Å²) in [5, 5.41) is 13.3. The first kappa shape index (κ1) is 15.4. The van der Waals surface area contributed by atoms with Gasteiger partial charge in [-0.25, -0.2) is 0 Å². The molecule has 0 unspecified atom stereocenters. The van der Waals surface area contributed by atoms with Crippen molar-refractivity contribution in [3.8, 4) is 11.3 Å². The number of nitrogens with one attached hydrogen (secondary N) is 1. The molecule has 4 nitrogen and oxygen atoms in total. The number of aliphatic carboxylic acids is 1. The van der Waals surface area contributed by atoms with E-state index in [0.717, 1.165) is 11.3 Å². The lowest BCUT2D eigenvalue weighted by Crippen LogP contribution is -2.43. The quantitative estimate of drug-likeness (QED) is 0.856. The van der Waals surface area contributed by atoms with Gasteiger partial charge < -0.3 is 14.8 Å². The van der Waals surface area contributed by atoms with Crippen LogP contribution in [0.2, 0.25) is 10.0 Å². The van der Waals surface area contributed by atoms with Crippen LogP contribution in [0.4, 0.5) is 0 Å². The second kappa shape index (κ2) is 6.32. The van der Waals surface area contributed by atoms with Crippen molar-refractivity contribution >= 4 is 29.2 Å². The van der Waals surface area contributed by atoms with Crippen LogP contribution in [-0.4, -0.2) is 17.1 Å². The van der Waals surface area contributed by atoms with Gasteiger partial charge in [-0.15, -0.1) is 0 Å². The Morgan fingerprint density at radius 1 is 1.27 bits per heavy atom. The Morgan fingerprint density at radius 2 is 2.05 bits per heavy atom. The molecule has 0 radical (unpaired) electrons. The topological polar surface area (TPSA) is 62.5 Å². The molecule has 1 saturated carbocycles. The third-order valence-electron chi connectivity index (χ3n) is 3.91. The number of carbonyl (C=O) groups is 1. The number of hydrogen-bond donors (Lipinski definition) is 2. The minimum Gasteiger partial charge on any atom is -0.481 e. The molecule has 0 atom stereocenters. The molecule has 116 valence electrons. The zero-order valence-corrected chi connectivity index (χ0v) is 13.2. The van der Waals surface area contributed by atoms with Crippen molar-refractivity contribution in [1.29, 1.82) is 0 Å². The lowest BCUT2D eigenvalue weighted by atomic mass is 9.80. The highest BCUT2D eigenvalue weighted by atomic mass is 35.5. The number of hydrogen-bond acceptors (Lipinski definition) is 3. The van der Waals surface area contributed by atoms with Gasteiger partial charge in [-0.2, -0.15) is 0 Å². The van der Waals surface area contributed by atoms with Gasteiger partial charge in [0.1, 0.15) is 11.5 Å². The summed E-state index contributed by atoms with van der Waals surface area (Å²) in [5.41, 5.74) is 0.759. The van der Waals surface area contributed by atoms with Crippen molar-refractivity contribution in [2.24, 2.45) is 5.92 Å². The molecule has 0 saturated heterocycles. The van der Waals surface area contributed by atoms with Gasteiger partial charge in [0, 0.05) is 16.6 Å². The van der Waals surface area contributed by atoms with Crippen molar-refractivity contribution < 1.29 is 14.3 Å². The van der Waals surface area contributed by atoms with Crippen molar-refractivity contribution in [2.75, 3.05) is 0 Å². The molecule has 1 heterocycles. The fraction of sp³-hybridized carbons (Fsp3) is 0.312. The average Bonchev–Trinajstić information content (AvgIpc) is 2.88. The summed E-state index contributed by atoms with van der Waals surface area (Å²) in [6.45, 7) is 0.565. The molecule has 0 aliphatic heterocycles. The maximum Gasteiger partial charge on any atom is 0.306 e. The van der Waals surface area contributed by atoms with Gasteiger partial charge in [0.15, 0.2) is 0 Å². The Bertz CT molecular complexity index is 692. The number of benzene rings is 1. The molecule has 6 heteroatoms. The summed E-state index contributed by atoms with van der Waals surface area (Å²) in [7, 11) is 0. The number of halogens is 2. The highest BCUT2D eigenvalue weighted by Gasteiger charge is 2.33. The monoisotopic (exact) mass is 339 g/mol. The molecular formula is C16H15Cl2NO3. The van der Waals surface area contributed by atoms with E-state index >= 15 is 0 Å². The van der Waals surface area contributed by atoms with E-state index in [1.54, 1.807) is 18.2 Å². The molecule has 1 aromatic heterocycles. The van der Waals surface area contributed by atoms with Gasteiger partial charge in [0.25, 0.3) is 0 Å². The third-order valence-corrected chi connectivity index (χ3v) is 4.47. The predicted octanol–water partition coefficient (Wildman–Crippen LogP) is 4.21. The van der Waals surface area contributed by atoms with Crippen LogP contribution >= 0.6 is 23.2 Å². The first-order valence-corrected chi connectivity index (χ1v) is 7.79. The minimum atomic E-state index is -0.714. The van der Waals surface area contributed by atoms with Crippen LogP contribution in [0.1, 0.15) is 18.6 Å². The van der Waals surface area contributed by atoms with Crippen molar-refractivity contribution in [3.05, 3.63) is 46.1 Å². The van der Waals surface area contributed by atoms with Crippen LogP contribution in [-0.2, 0) is 11.3 Å². The van der Waals surface area contributed by atoms with E-state index in [1.807, 2.05) is 12.1 Å². The molecule has 22 heavy (non-hydrogen) atoms. The van der Waals surface area contributed by atoms with Crippen LogP contribution in [0, 0.1) is 5.92 Å². The van der Waals surface area contributed by atoms with Crippen molar-refractivity contribution in [1.82, 2.24) is 5.32 Å². The highest BCUT2D eigenvalue weighted by molar-refractivity contribution is 6.35. The number of carboxylic acids is 1. The molecular weight excluding hydrogens is 325 g/mol. The molecule has 2 aromatic rings. The maximum atomic E-state index is 10.8. The molecule has 1 fully saturated rings. The van der Waals surface area contributed by atoms with E-state index in [4.69, 9.17) is 32.7 Å². The first-order valence-electron chi connectivity index (χ1n) is 7.03. The largest absolute Gasteiger partial charge is 0.481 e. The smallest absolute Gasteiger partial charge is 0.306 e. The van der Waals surface area contributed by atoms with Gasteiger partial charge in [0.05, 0.1) is 17.5 Å². The van der Waals surface area contributed by atoms with Crippen LogP contribution in [0.15, 0.2) is 34.7 Å². The predicted molar refractivity (Wildman–Crippen MR) is 85.2 cm³/mol. The summed E-state index contributed by atoms with van der Waals surface area (Å²) in [6.07, 6.45) is 1.34. The normalized spacial score (nSPS) is 20.6. The standard InChI is InChI=1S/C16H15Cl2NO3/c17-10-1-3-14(18)13(7-10)15-4-2-12(22-15)8-19-11-5-9(6-11)16(20)21/h1-4,7,9,11,19H,5-6,8H2,(H,20,21). The summed E-state index contributed by atoms with van der Waals surface area (Å²) in [5.74, 6) is 0.523. The third kappa shape index (κ3) is 3.29. The minimum absolute atomic E-state index is 0.213. The van der Waals surface area contributed by atoms with Crippen LogP contribution < -0.4 is 5.32 Å². The summed E-state index contributed by atoms with van der Waals surface area (Å²) < 4.78 is 5.78. The van der Waals surface area contributed by atoms with Crippen LogP contribution in [0.25, 0.3) is 11.3 Å². The van der Waals surface area contributed by atoms with E-state index in [1.165, 1.54) is 0 Å². The van der Waals surface area contributed by atoms with Gasteiger partial charge in [-0.1, -0.05) is 23.2 Å². The van der Waals surface area contributed by atoms with E-state index < -0.39 is 5.97 Å². The Morgan fingerprint density at radius 3 is 2.77 bits per heavy atom. The molecule has 1 aliphatic carbocycles. The van der Waals surface area contributed by atoms with E-state index in [0.29, 0.717) is 35.2 Å². The lowest BCUT2D eigenvalue weighted by Gasteiger charge is -2.32. The average molecular weight is 340 g/mol. The van der Waals surface area contributed by atoms with Gasteiger partial charge in [0.2, 0.25) is 0 Å². The van der Waals surface area contributed by atoms with Crippen LogP contribution in [0.5, 0.6) is 0 Å². The molecule has 2 N–H and O–H groups in total. The number of furan rings is 1. The summed E-state index contributed by atoms with van der Waals surface area (Å²) in [4.78, 5) is 10.8. The zero-order chi connectivity index (χ0) is 15.7. The highest BCUT2D eigenvalue weighted by Crippen LogP contribution is 2.32. The Balaban J connectivity index is 1.60.